The number of imide groups is 1. The van der Waals surface area contributed by atoms with Gasteiger partial charge in [0.25, 0.3) is 11.8 Å². The summed E-state index contributed by atoms with van der Waals surface area (Å²) in [6, 6.07) is 8.49. The van der Waals surface area contributed by atoms with E-state index in [1.807, 2.05) is 4.90 Å². The number of rotatable bonds is 20. The molecule has 1 fully saturated rings. The first-order chi connectivity index (χ1) is 25.6. The number of carbonyl (C=O) groups excluding carboxylic acids is 4. The summed E-state index contributed by atoms with van der Waals surface area (Å²) in [6.45, 7) is 12.3. The van der Waals surface area contributed by atoms with E-state index in [0.29, 0.717) is 36.1 Å². The van der Waals surface area contributed by atoms with Crippen molar-refractivity contribution in [3.63, 3.8) is 0 Å². The van der Waals surface area contributed by atoms with Gasteiger partial charge in [0.15, 0.2) is 11.5 Å². The Kier molecular flexibility index (Phi) is 15.1. The van der Waals surface area contributed by atoms with E-state index in [4.69, 9.17) is 9.47 Å². The van der Waals surface area contributed by atoms with Gasteiger partial charge in [-0.2, -0.15) is 0 Å². The SMILES string of the molecule is CCOc1cc(C(CS(C)(=O)=O)N2C(=O)c3cccc(NC(=O)CCCCCCCCCNC(C(=O)N4CCCC4C)C(C)(C)C)c3C2=O)ccc1OC. The predicted octanol–water partition coefficient (Wildman–Crippen LogP) is 6.55. The zero-order chi connectivity index (χ0) is 39.6. The zero-order valence-corrected chi connectivity index (χ0v) is 34.0. The van der Waals surface area contributed by atoms with E-state index in [2.05, 4.69) is 38.3 Å². The average molecular weight is 769 g/mol. The van der Waals surface area contributed by atoms with Gasteiger partial charge in [0, 0.05) is 25.3 Å². The Morgan fingerprint density at radius 3 is 2.26 bits per heavy atom. The number of carbonyl (C=O) groups is 4. The van der Waals surface area contributed by atoms with Crippen molar-refractivity contribution in [2.75, 3.05) is 44.1 Å². The van der Waals surface area contributed by atoms with Crippen LogP contribution in [-0.2, 0) is 19.4 Å². The van der Waals surface area contributed by atoms with E-state index < -0.39 is 33.4 Å². The number of ether oxygens (including phenoxy) is 2. The van der Waals surface area contributed by atoms with Crippen LogP contribution in [0, 0.1) is 5.41 Å². The van der Waals surface area contributed by atoms with Crippen LogP contribution in [0.25, 0.3) is 0 Å². The lowest BCUT2D eigenvalue weighted by Crippen LogP contribution is -2.54. The summed E-state index contributed by atoms with van der Waals surface area (Å²) in [6.07, 6.45) is 10.2. The maximum absolute atomic E-state index is 13.9. The molecular formula is C41H60N4O8S. The Hall–Kier alpha value is -3.97. The summed E-state index contributed by atoms with van der Waals surface area (Å²) >= 11 is 0. The number of sulfone groups is 1. The summed E-state index contributed by atoms with van der Waals surface area (Å²) in [7, 11) is -2.17. The lowest BCUT2D eigenvalue weighted by atomic mass is 9.85. The van der Waals surface area contributed by atoms with Crippen LogP contribution in [0.15, 0.2) is 36.4 Å². The normalized spacial score (nSPS) is 17.1. The summed E-state index contributed by atoms with van der Waals surface area (Å²) in [5.41, 5.74) is 0.614. The summed E-state index contributed by atoms with van der Waals surface area (Å²) in [4.78, 5) is 56.9. The molecule has 12 nitrogen and oxygen atoms in total. The molecule has 0 spiro atoms. The third kappa shape index (κ3) is 11.1. The Morgan fingerprint density at radius 2 is 1.65 bits per heavy atom. The Morgan fingerprint density at radius 1 is 0.963 bits per heavy atom. The van der Waals surface area contributed by atoms with Crippen molar-refractivity contribution in [2.24, 2.45) is 5.41 Å². The number of nitrogens with zero attached hydrogens (tertiary/aromatic N) is 2. The molecule has 54 heavy (non-hydrogen) atoms. The van der Waals surface area contributed by atoms with Crippen molar-refractivity contribution in [2.45, 2.75) is 117 Å². The molecular weight excluding hydrogens is 709 g/mol. The molecule has 0 radical (unpaired) electrons. The van der Waals surface area contributed by atoms with Gasteiger partial charge >= 0.3 is 0 Å². The van der Waals surface area contributed by atoms with E-state index in [0.717, 1.165) is 75.6 Å². The van der Waals surface area contributed by atoms with Gasteiger partial charge in [-0.15, -0.1) is 0 Å². The Balaban J connectivity index is 1.26. The van der Waals surface area contributed by atoms with Crippen molar-refractivity contribution in [1.82, 2.24) is 15.1 Å². The highest BCUT2D eigenvalue weighted by Gasteiger charge is 2.43. The minimum Gasteiger partial charge on any atom is -0.493 e. The average Bonchev–Trinajstić information content (AvgIpc) is 3.64. The minimum absolute atomic E-state index is 0.0474. The molecule has 4 amide bonds. The summed E-state index contributed by atoms with van der Waals surface area (Å²) in [5.74, 6) is -1.06. The number of likely N-dealkylation sites (tertiary alicyclic amines) is 1. The largest absolute Gasteiger partial charge is 0.493 e. The molecule has 2 aromatic carbocycles. The van der Waals surface area contributed by atoms with Crippen LogP contribution in [0.4, 0.5) is 5.69 Å². The van der Waals surface area contributed by atoms with E-state index >= 15 is 0 Å². The smallest absolute Gasteiger partial charge is 0.264 e. The van der Waals surface area contributed by atoms with Crippen LogP contribution in [0.1, 0.15) is 131 Å². The topological polar surface area (TPSA) is 151 Å². The highest BCUT2D eigenvalue weighted by atomic mass is 32.2. The number of amides is 4. The molecule has 0 bridgehead atoms. The fourth-order valence-electron chi connectivity index (χ4n) is 7.41. The van der Waals surface area contributed by atoms with Gasteiger partial charge in [0.05, 0.1) is 48.4 Å². The first-order valence-corrected chi connectivity index (χ1v) is 21.5. The lowest BCUT2D eigenvalue weighted by molar-refractivity contribution is -0.136. The number of fused-ring (bicyclic) bond motifs is 1. The number of methoxy groups -OCH3 is 1. The molecule has 1 saturated heterocycles. The monoisotopic (exact) mass is 768 g/mol. The van der Waals surface area contributed by atoms with Gasteiger partial charge in [-0.25, -0.2) is 8.42 Å². The van der Waals surface area contributed by atoms with Crippen LogP contribution in [0.2, 0.25) is 0 Å². The lowest BCUT2D eigenvalue weighted by Gasteiger charge is -2.35. The minimum atomic E-state index is -3.66. The van der Waals surface area contributed by atoms with Gasteiger partial charge in [-0.1, -0.05) is 65.0 Å². The molecule has 4 rings (SSSR count). The van der Waals surface area contributed by atoms with Crippen molar-refractivity contribution in [3.05, 3.63) is 53.1 Å². The maximum atomic E-state index is 13.9. The number of hydrogen-bond acceptors (Lipinski definition) is 9. The predicted molar refractivity (Wildman–Crippen MR) is 211 cm³/mol. The number of nitrogens with one attached hydrogen (secondary N) is 2. The summed E-state index contributed by atoms with van der Waals surface area (Å²) in [5, 5.41) is 6.37. The highest BCUT2D eigenvalue weighted by molar-refractivity contribution is 7.90. The molecule has 298 valence electrons. The van der Waals surface area contributed by atoms with E-state index in [1.54, 1.807) is 37.3 Å². The first-order valence-electron chi connectivity index (χ1n) is 19.4. The van der Waals surface area contributed by atoms with Crippen LogP contribution >= 0.6 is 0 Å². The highest BCUT2D eigenvalue weighted by Crippen LogP contribution is 2.38. The second kappa shape index (κ2) is 19.1. The van der Waals surface area contributed by atoms with E-state index in [-0.39, 0.29) is 46.5 Å². The van der Waals surface area contributed by atoms with E-state index in [9.17, 15) is 27.6 Å². The molecule has 2 N–H and O–H groups in total. The molecule has 3 atom stereocenters. The van der Waals surface area contributed by atoms with Gasteiger partial charge in [0.1, 0.15) is 9.84 Å². The summed E-state index contributed by atoms with van der Waals surface area (Å²) < 4.78 is 36.2. The standard InChI is InChI=1S/C41H60N4O8S/c1-8-53-34-26-29(22-23-33(34)52-6)32(27-54(7,50)51)45-38(47)30-19-16-20-31(36(30)39(45)48)43-35(46)21-14-12-10-9-11-13-15-24-42-37(41(3,4)5)40(49)44-25-17-18-28(44)2/h16,19-20,22-23,26,28,32,37,42H,8-15,17-18,21,24-25,27H2,1-7H3,(H,43,46). The maximum Gasteiger partial charge on any atom is 0.264 e. The second-order valence-electron chi connectivity index (χ2n) is 15.7. The van der Waals surface area contributed by atoms with E-state index in [1.165, 1.54) is 13.2 Å². The molecule has 0 saturated carbocycles. The molecule has 0 aliphatic carbocycles. The van der Waals surface area contributed by atoms with Crippen molar-refractivity contribution in [1.29, 1.82) is 0 Å². The Bertz CT molecular complexity index is 1760. The van der Waals surface area contributed by atoms with Gasteiger partial charge in [0.2, 0.25) is 11.8 Å². The number of anilines is 1. The molecule has 2 aromatic rings. The fourth-order valence-corrected chi connectivity index (χ4v) is 8.33. The molecule has 2 aliphatic rings. The first kappa shape index (κ1) is 42.8. The van der Waals surface area contributed by atoms with Crippen molar-refractivity contribution >= 4 is 39.2 Å². The number of benzene rings is 2. The molecule has 2 heterocycles. The van der Waals surface area contributed by atoms with Gasteiger partial charge in [-0.3, -0.25) is 24.1 Å². The van der Waals surface area contributed by atoms with Gasteiger partial charge in [-0.05, 0) is 81.3 Å². The molecule has 2 aliphatic heterocycles. The van der Waals surface area contributed by atoms with Crippen LogP contribution in [0.5, 0.6) is 11.5 Å². The fraction of sp³-hybridized carbons (Fsp3) is 0.610. The molecule has 13 heteroatoms. The Labute approximate surface area is 321 Å². The van der Waals surface area contributed by atoms with Gasteiger partial charge < -0.3 is 25.0 Å². The van der Waals surface area contributed by atoms with Crippen LogP contribution in [0.3, 0.4) is 0 Å². The number of unbranched alkanes of at least 4 members (excludes halogenated alkanes) is 6. The second-order valence-corrected chi connectivity index (χ2v) is 17.9. The molecule has 3 unspecified atom stereocenters. The zero-order valence-electron chi connectivity index (χ0n) is 33.2. The third-order valence-electron chi connectivity index (χ3n) is 10.2. The van der Waals surface area contributed by atoms with Crippen molar-refractivity contribution < 1.29 is 37.1 Å². The van der Waals surface area contributed by atoms with Crippen LogP contribution < -0.4 is 20.1 Å². The number of hydrogen-bond donors (Lipinski definition) is 2. The van der Waals surface area contributed by atoms with Crippen molar-refractivity contribution in [3.8, 4) is 11.5 Å². The molecule has 0 aromatic heterocycles. The quantitative estimate of drug-likeness (QED) is 0.113. The third-order valence-corrected chi connectivity index (χ3v) is 11.2. The van der Waals surface area contributed by atoms with Crippen LogP contribution in [-0.4, -0.2) is 92.7 Å².